The summed E-state index contributed by atoms with van der Waals surface area (Å²) in [6, 6.07) is 0. The standard InChI is InChI=1S/C20H14N4O8/c25-13-5-1-6-14(26)16(28)8(22-6)3-10-18(30)20(32)12(24-10)4-11-19(31)17(29)9(23-11)2-7(21-5)15(13)27/h1-4,21-29,31H. The van der Waals surface area contributed by atoms with Gasteiger partial charge in [0.2, 0.25) is 0 Å². The van der Waals surface area contributed by atoms with Crippen LogP contribution in [0.5, 0.6) is 34.5 Å². The van der Waals surface area contributed by atoms with Gasteiger partial charge in [-0.05, 0) is 24.3 Å². The van der Waals surface area contributed by atoms with Gasteiger partial charge in [0.1, 0.15) is 0 Å². The molecule has 8 bridgehead atoms. The molecule has 0 saturated carbocycles. The molecule has 0 amide bonds. The third-order valence-corrected chi connectivity index (χ3v) is 5.13. The molecular weight excluding hydrogens is 424 g/mol. The van der Waals surface area contributed by atoms with E-state index < -0.39 is 46.1 Å². The van der Waals surface area contributed by atoms with Crippen molar-refractivity contribution in [3.05, 3.63) is 44.9 Å². The van der Waals surface area contributed by atoms with Crippen molar-refractivity contribution in [2.45, 2.75) is 0 Å². The van der Waals surface area contributed by atoms with E-state index in [1.807, 2.05) is 0 Å². The second-order valence-corrected chi connectivity index (χ2v) is 7.14. The fourth-order valence-corrected chi connectivity index (χ4v) is 3.47. The fraction of sp³-hybridized carbons (Fsp3) is 0. The number of Topliss-reactive ketones (excluding diaryl/α,β-unsaturated/α-hetero) is 2. The highest BCUT2D eigenvalue weighted by Crippen LogP contribution is 2.37. The van der Waals surface area contributed by atoms with E-state index in [9.17, 15) is 40.2 Å². The third kappa shape index (κ3) is 2.56. The lowest BCUT2D eigenvalue weighted by Gasteiger charge is -1.98. The van der Waals surface area contributed by atoms with Gasteiger partial charge in [-0.1, -0.05) is 0 Å². The second kappa shape index (κ2) is 6.25. The van der Waals surface area contributed by atoms with Crippen molar-refractivity contribution in [3.8, 4) is 34.5 Å². The normalized spacial score (nSPS) is 15.0. The van der Waals surface area contributed by atoms with E-state index in [0.29, 0.717) is 0 Å². The average molecular weight is 438 g/mol. The molecule has 1 saturated heterocycles. The van der Waals surface area contributed by atoms with E-state index in [1.54, 1.807) is 0 Å². The van der Waals surface area contributed by atoms with Gasteiger partial charge in [0.05, 0.1) is 44.9 Å². The Morgan fingerprint density at radius 2 is 0.812 bits per heavy atom. The summed E-state index contributed by atoms with van der Waals surface area (Å²) in [6.07, 6.45) is 4.55. The monoisotopic (exact) mass is 438 g/mol. The molecule has 10 N–H and O–H groups in total. The maximum Gasteiger partial charge on any atom is 0.251 e. The molecule has 3 aromatic rings. The van der Waals surface area contributed by atoms with Crippen LogP contribution in [0.15, 0.2) is 11.4 Å². The number of fused-ring (bicyclic) bond motifs is 8. The van der Waals surface area contributed by atoms with Gasteiger partial charge in [0.25, 0.3) is 11.6 Å². The molecule has 2 aliphatic heterocycles. The molecular formula is C20H14N4O8. The SMILES string of the molecule is O=C1C(=O)C2=Cc3[nH]c(c(O)c3O)C=c3[nH]c(c(O)c3O)=Cc3[nH]c(c(O)c3O)C=C1N2. The molecule has 3 aromatic heterocycles. The van der Waals surface area contributed by atoms with Gasteiger partial charge < -0.3 is 50.9 Å². The minimum atomic E-state index is -0.933. The molecule has 0 aromatic carbocycles. The molecule has 0 aliphatic carbocycles. The summed E-state index contributed by atoms with van der Waals surface area (Å²) in [7, 11) is 0. The number of hydrogen-bond acceptors (Lipinski definition) is 9. The van der Waals surface area contributed by atoms with Crippen LogP contribution in [0.3, 0.4) is 0 Å². The summed E-state index contributed by atoms with van der Waals surface area (Å²) in [6.45, 7) is 0. The molecule has 0 spiro atoms. The van der Waals surface area contributed by atoms with Crippen LogP contribution in [0, 0.1) is 0 Å². The fourth-order valence-electron chi connectivity index (χ4n) is 3.47. The summed E-state index contributed by atoms with van der Waals surface area (Å²) in [5.74, 6) is -5.50. The second-order valence-electron chi connectivity index (χ2n) is 7.14. The Hall–Kier alpha value is -5.00. The number of nitrogens with one attached hydrogen (secondary N) is 4. The molecule has 12 nitrogen and oxygen atoms in total. The molecule has 1 fully saturated rings. The average Bonchev–Trinajstić information content (AvgIpc) is 3.37. The molecule has 12 heteroatoms. The Morgan fingerprint density at radius 1 is 0.469 bits per heavy atom. The summed E-state index contributed by atoms with van der Waals surface area (Å²) < 4.78 is 0. The smallest absolute Gasteiger partial charge is 0.251 e. The van der Waals surface area contributed by atoms with Gasteiger partial charge in [-0.25, -0.2) is 0 Å². The largest absolute Gasteiger partial charge is 0.503 e. The lowest BCUT2D eigenvalue weighted by Crippen LogP contribution is -2.10. The third-order valence-electron chi connectivity index (χ3n) is 5.13. The number of hydrogen-bond donors (Lipinski definition) is 10. The zero-order valence-corrected chi connectivity index (χ0v) is 15.8. The molecule has 32 heavy (non-hydrogen) atoms. The maximum absolute atomic E-state index is 12.3. The summed E-state index contributed by atoms with van der Waals surface area (Å²) >= 11 is 0. The van der Waals surface area contributed by atoms with Crippen LogP contribution >= 0.6 is 0 Å². The van der Waals surface area contributed by atoms with Crippen LogP contribution < -0.4 is 16.0 Å². The summed E-state index contributed by atoms with van der Waals surface area (Å²) in [5.41, 5.74) is -0.840. The van der Waals surface area contributed by atoms with Crippen LogP contribution in [0.1, 0.15) is 22.8 Å². The number of aromatic amines is 3. The van der Waals surface area contributed by atoms with Crippen molar-refractivity contribution in [2.75, 3.05) is 0 Å². The predicted octanol–water partition coefficient (Wildman–Crippen LogP) is -1.00. The Kier molecular flexibility index (Phi) is 3.71. The Labute approximate surface area is 176 Å². The first-order valence-corrected chi connectivity index (χ1v) is 9.06. The molecule has 0 unspecified atom stereocenters. The zero-order chi connectivity index (χ0) is 22.9. The quantitative estimate of drug-likeness (QED) is 0.194. The highest BCUT2D eigenvalue weighted by molar-refractivity contribution is 6.53. The molecule has 2 aliphatic rings. The van der Waals surface area contributed by atoms with Gasteiger partial charge >= 0.3 is 0 Å². The number of H-pyrrole nitrogens is 3. The van der Waals surface area contributed by atoms with E-state index in [2.05, 4.69) is 20.3 Å². The van der Waals surface area contributed by atoms with Crippen molar-refractivity contribution in [1.82, 2.24) is 20.3 Å². The number of aromatic hydroxyl groups is 6. The van der Waals surface area contributed by atoms with E-state index in [0.717, 1.165) is 12.2 Å². The van der Waals surface area contributed by atoms with Gasteiger partial charge in [0, 0.05) is 0 Å². The van der Waals surface area contributed by atoms with Gasteiger partial charge in [-0.15, -0.1) is 0 Å². The first-order valence-electron chi connectivity index (χ1n) is 9.06. The van der Waals surface area contributed by atoms with E-state index >= 15 is 0 Å². The number of carbonyl (C=O) groups excluding carboxylic acids is 2. The van der Waals surface area contributed by atoms with Crippen molar-refractivity contribution >= 4 is 35.9 Å². The first-order chi connectivity index (χ1) is 15.2. The zero-order valence-electron chi connectivity index (χ0n) is 15.8. The molecule has 5 rings (SSSR count). The van der Waals surface area contributed by atoms with Gasteiger partial charge in [-0.2, -0.15) is 0 Å². The van der Waals surface area contributed by atoms with Crippen molar-refractivity contribution in [2.24, 2.45) is 0 Å². The maximum atomic E-state index is 12.3. The topological polar surface area (TPSA) is 215 Å². The number of ketones is 2. The Balaban J connectivity index is 1.87. The van der Waals surface area contributed by atoms with Crippen molar-refractivity contribution in [3.63, 3.8) is 0 Å². The Morgan fingerprint density at radius 3 is 1.19 bits per heavy atom. The summed E-state index contributed by atoms with van der Waals surface area (Å²) in [4.78, 5) is 32.7. The minimum Gasteiger partial charge on any atom is -0.503 e. The molecule has 0 radical (unpaired) electrons. The van der Waals surface area contributed by atoms with E-state index in [-0.39, 0.29) is 44.9 Å². The number of rotatable bonds is 0. The van der Waals surface area contributed by atoms with E-state index in [1.165, 1.54) is 12.2 Å². The van der Waals surface area contributed by atoms with E-state index in [4.69, 9.17) is 0 Å². The molecule has 0 atom stereocenters. The van der Waals surface area contributed by atoms with Crippen LogP contribution in [-0.4, -0.2) is 57.2 Å². The van der Waals surface area contributed by atoms with Crippen molar-refractivity contribution < 1.29 is 40.2 Å². The van der Waals surface area contributed by atoms with Crippen LogP contribution in [0.4, 0.5) is 0 Å². The summed E-state index contributed by atoms with van der Waals surface area (Å²) in [5, 5.41) is 63.8. The van der Waals surface area contributed by atoms with Gasteiger partial charge in [0.15, 0.2) is 34.5 Å². The number of aromatic nitrogens is 3. The highest BCUT2D eigenvalue weighted by atomic mass is 16.3. The molecule has 162 valence electrons. The van der Waals surface area contributed by atoms with Crippen molar-refractivity contribution in [1.29, 1.82) is 0 Å². The lowest BCUT2D eigenvalue weighted by molar-refractivity contribution is -0.130. The van der Waals surface area contributed by atoms with Gasteiger partial charge in [-0.3, -0.25) is 9.59 Å². The van der Waals surface area contributed by atoms with Crippen LogP contribution in [-0.2, 0) is 9.59 Å². The minimum absolute atomic E-state index is 0.0699. The predicted molar refractivity (Wildman–Crippen MR) is 108 cm³/mol. The lowest BCUT2D eigenvalue weighted by atomic mass is 10.2. The Bertz CT molecular complexity index is 1430. The number of carbonyl (C=O) groups is 2. The number of allylic oxidation sites excluding steroid dienone is 2. The first kappa shape index (κ1) is 19.0. The van der Waals surface area contributed by atoms with Crippen LogP contribution in [0.2, 0.25) is 0 Å². The van der Waals surface area contributed by atoms with Crippen LogP contribution in [0.25, 0.3) is 24.3 Å². The highest BCUT2D eigenvalue weighted by Gasteiger charge is 2.33. The molecule has 5 heterocycles.